The van der Waals surface area contributed by atoms with Gasteiger partial charge in [-0.1, -0.05) is 21.3 Å². The summed E-state index contributed by atoms with van der Waals surface area (Å²) >= 11 is 0. The lowest BCUT2D eigenvalue weighted by Gasteiger charge is -2.38. The van der Waals surface area contributed by atoms with E-state index in [-0.39, 0.29) is 188 Å². The Labute approximate surface area is 763 Å². The lowest BCUT2D eigenvalue weighted by atomic mass is 9.96. The molecule has 48 nitrogen and oxygen atoms in total. The van der Waals surface area contributed by atoms with Crippen molar-refractivity contribution in [1.82, 2.24) is 0 Å². The second-order valence-corrected chi connectivity index (χ2v) is 28.5. The van der Waals surface area contributed by atoms with Crippen molar-refractivity contribution in [2.45, 2.75) is 163 Å². The van der Waals surface area contributed by atoms with Gasteiger partial charge >= 0.3 is 17.9 Å². The zero-order valence-corrected chi connectivity index (χ0v) is 71.6. The number of alkyl halides is 6. The summed E-state index contributed by atoms with van der Waals surface area (Å²) in [5.74, 6) is -5.93. The van der Waals surface area contributed by atoms with Crippen molar-refractivity contribution in [1.29, 1.82) is 0 Å². The number of azide groups is 3. The number of benzene rings is 3. The molecule has 3 aromatic carbocycles. The van der Waals surface area contributed by atoms with Gasteiger partial charge < -0.3 is 148 Å². The first-order chi connectivity index (χ1) is 64.5. The maximum Gasteiger partial charge on any atom is 0.335 e. The lowest BCUT2D eigenvalue weighted by Crippen LogP contribution is -2.61. The van der Waals surface area contributed by atoms with E-state index < -0.39 is 216 Å². The summed E-state index contributed by atoms with van der Waals surface area (Å²) in [7, 11) is 0. The molecule has 18 atom stereocenters. The summed E-state index contributed by atoms with van der Waals surface area (Å²) in [6, 6.07) is 9.10. The summed E-state index contributed by atoms with van der Waals surface area (Å²) in [5, 5.41) is 134. The van der Waals surface area contributed by atoms with Crippen molar-refractivity contribution >= 4 is 70.0 Å². The molecule has 6 rings (SSSR count). The number of carbonyl (C=O) groups excluding carboxylic acids is 6. The fourth-order valence-corrected chi connectivity index (χ4v) is 12.0. The molecule has 135 heavy (non-hydrogen) atoms. The fraction of sp³-hybridized carbons (Fsp3) is 0.593. The Bertz CT molecular complexity index is 4380. The number of terminal acetylenes is 3. The molecule has 0 aliphatic carbocycles. The number of carboxylic acid groups (broad SMARTS) is 3. The van der Waals surface area contributed by atoms with Crippen LogP contribution in [0.25, 0.3) is 31.3 Å². The van der Waals surface area contributed by atoms with Gasteiger partial charge in [0.15, 0.2) is 35.7 Å². The van der Waals surface area contributed by atoms with Crippen LogP contribution in [0.3, 0.4) is 0 Å². The highest BCUT2D eigenvalue weighted by atomic mass is 19.3. The number of halogens is 6. The van der Waals surface area contributed by atoms with E-state index in [1.807, 2.05) is 0 Å². The van der Waals surface area contributed by atoms with Crippen molar-refractivity contribution in [2.24, 2.45) is 33.1 Å². The topological polar surface area (TPSA) is 717 Å². The molecule has 3 heterocycles. The number of carbonyl (C=O) groups is 9. The second kappa shape index (κ2) is 63.5. The number of nitrogens with one attached hydrogen (secondary N) is 3. The molecular weight excluding hydrogens is 1830 g/mol. The third-order valence-corrected chi connectivity index (χ3v) is 18.8. The molecule has 0 saturated carbocycles. The molecule has 0 aromatic heterocycles. The number of carboxylic acids is 3. The van der Waals surface area contributed by atoms with E-state index in [4.69, 9.17) is 107 Å². The first-order valence-corrected chi connectivity index (χ1v) is 40.5. The van der Waals surface area contributed by atoms with E-state index in [0.717, 1.165) is 42.5 Å². The predicted molar refractivity (Wildman–Crippen MR) is 444 cm³/mol. The van der Waals surface area contributed by atoms with E-state index in [1.165, 1.54) is 12.1 Å². The van der Waals surface area contributed by atoms with E-state index in [2.05, 4.69) is 63.8 Å². The first-order valence-electron chi connectivity index (χ1n) is 40.5. The number of ether oxygens (including phenoxy) is 15. The molecule has 0 spiro atoms. The van der Waals surface area contributed by atoms with Crippen LogP contribution < -0.4 is 30.2 Å². The number of aliphatic hydroxyl groups is 9. The Morgan fingerprint density at radius 2 is 0.652 bits per heavy atom. The van der Waals surface area contributed by atoms with Gasteiger partial charge in [-0.15, -0.1) is 31.1 Å². The average Bonchev–Trinajstić information content (AvgIpc) is 0.801. The standard InChI is InChI=1S/3C27H34F2N4O12/c1-2-7-41-8-9-42-10-11-43-14-17(34)12-15(5-6-31-33-30)25(38)32-16-3-4-19(18(13-16)24(28)29)44-27-22(37)20(35)21(36)23(45-27)26(39)40;2*1-2-3-4-15(11-17(34)13-42-9-7-41-8-10-43-14-31-33-30)25(38)32-16-5-6-19(18(12-16)24(28)29)44-27-22(37)20(35)21(36)23(45-27)26(39)40/h1,3-4,13,15,20-24,27,35-37H,5-12,14H2,(H,32,38)(H,39,40);2*1,5-6,12,15,20-24,27,35-37H,3-4,7-11,13-14H2,(H,32,38)(H,39,40)/t2*15?,20-,21-,22+,23-,27+;/m11./s1. The largest absolute Gasteiger partial charge is 0.479 e. The zero-order chi connectivity index (χ0) is 100. The van der Waals surface area contributed by atoms with Gasteiger partial charge in [0.2, 0.25) is 36.6 Å². The van der Waals surface area contributed by atoms with Crippen LogP contribution in [0, 0.1) is 54.8 Å². The van der Waals surface area contributed by atoms with Crippen molar-refractivity contribution in [3.05, 3.63) is 103 Å². The van der Waals surface area contributed by atoms with Gasteiger partial charge in [-0.3, -0.25) is 28.8 Å². The second-order valence-electron chi connectivity index (χ2n) is 28.5. The molecule has 0 bridgehead atoms. The summed E-state index contributed by atoms with van der Waals surface area (Å²) in [4.78, 5) is 118. The van der Waals surface area contributed by atoms with Crippen molar-refractivity contribution in [2.75, 3.05) is 142 Å². The monoisotopic (exact) mass is 1930 g/mol. The number of amides is 3. The smallest absolute Gasteiger partial charge is 0.335 e. The minimum Gasteiger partial charge on any atom is -0.479 e. The fourth-order valence-electron chi connectivity index (χ4n) is 12.0. The minimum atomic E-state index is -3.19. The number of aliphatic hydroxyl groups excluding tert-OH is 9. The third-order valence-electron chi connectivity index (χ3n) is 18.8. The first kappa shape index (κ1) is 116. The molecule has 744 valence electrons. The number of aliphatic carboxylic acids is 3. The number of rotatable bonds is 60. The maximum atomic E-state index is 13.9. The SMILES string of the molecule is C#CCCC(CC(=O)COCCOCCOCN=[N+]=[N-])C(=O)Nc1ccc(OC2OC(C(=O)O)C(O)C(O)C2O)c(C(F)F)c1.C#CCCC(CC(=O)COCCOCCOCN=[N+]=[N-])C(=O)Nc1ccc(O[C@H]2O[C@@H](C(=O)O)[C@H](O)[C@@H](O)[C@@H]2O)c(C(F)F)c1.C#CCOCCOCCOCC(=O)CC(CCN=[N+]=[N-])C(=O)Nc1ccc(O[C@H]2O[C@@H](C(=O)O)[C@H](O)[C@@H](O)[C@@H]2O)c(C(F)F)c1. The van der Waals surface area contributed by atoms with Crippen LogP contribution in [0.1, 0.15) is 87.3 Å². The number of hydrogen-bond acceptors (Lipinski definition) is 36. The average molecular weight is 1930 g/mol. The number of Topliss-reactive ketones (excluding diaryl/α,β-unsaturated/α-hetero) is 3. The molecule has 15 N–H and O–H groups in total. The third kappa shape index (κ3) is 41.1. The van der Waals surface area contributed by atoms with Crippen LogP contribution in [0.4, 0.5) is 43.4 Å². The number of hydrogen-bond donors (Lipinski definition) is 15. The van der Waals surface area contributed by atoms with E-state index in [9.17, 15) is 131 Å². The van der Waals surface area contributed by atoms with Gasteiger partial charge in [0.05, 0.1) is 96.0 Å². The number of nitrogens with zero attached hydrogens (tertiary/aromatic N) is 9. The van der Waals surface area contributed by atoms with E-state index in [1.54, 1.807) is 0 Å². The lowest BCUT2D eigenvalue weighted by molar-refractivity contribution is -0.271. The van der Waals surface area contributed by atoms with Crippen LogP contribution in [0.5, 0.6) is 17.2 Å². The van der Waals surface area contributed by atoms with Crippen molar-refractivity contribution in [3.8, 4) is 54.3 Å². The minimum absolute atomic E-state index is 0.0405. The normalized spacial score (nSPS) is 21.8. The van der Waals surface area contributed by atoms with Gasteiger partial charge in [0.1, 0.15) is 112 Å². The molecule has 3 amide bonds. The molecule has 3 saturated heterocycles. The van der Waals surface area contributed by atoms with Crippen LogP contribution in [-0.2, 0) is 100.0 Å². The predicted octanol–water partition coefficient (Wildman–Crippen LogP) is 3.07. The van der Waals surface area contributed by atoms with Crippen LogP contribution in [0.15, 0.2) is 69.9 Å². The van der Waals surface area contributed by atoms with Crippen molar-refractivity contribution < 1.29 is 202 Å². The zero-order valence-electron chi connectivity index (χ0n) is 71.6. The molecule has 3 aliphatic rings. The number of ketones is 3. The Kier molecular flexibility index (Phi) is 54.3. The quantitative estimate of drug-likeness (QED) is 0.00964. The Hall–Kier alpha value is -11.8. The van der Waals surface area contributed by atoms with Crippen LogP contribution >= 0.6 is 0 Å². The molecule has 54 heteroatoms. The Balaban J connectivity index is 0.000000423. The molecule has 8 unspecified atom stereocenters. The van der Waals surface area contributed by atoms with Gasteiger partial charge in [-0.05, 0) is 90.5 Å². The highest BCUT2D eigenvalue weighted by Gasteiger charge is 2.51. The van der Waals surface area contributed by atoms with Crippen LogP contribution in [0.2, 0.25) is 0 Å². The molecule has 3 fully saturated rings. The highest BCUT2D eigenvalue weighted by Crippen LogP contribution is 2.39. The van der Waals surface area contributed by atoms with Crippen LogP contribution in [-0.4, -0.2) is 332 Å². The maximum absolute atomic E-state index is 13.9. The molecule has 3 aromatic rings. The van der Waals surface area contributed by atoms with Gasteiger partial charge in [-0.2, -0.15) is 0 Å². The van der Waals surface area contributed by atoms with E-state index >= 15 is 0 Å². The van der Waals surface area contributed by atoms with E-state index in [0.29, 0.717) is 6.61 Å². The summed E-state index contributed by atoms with van der Waals surface area (Å²) in [6.45, 7) is 0.897. The molecule has 0 radical (unpaired) electrons. The summed E-state index contributed by atoms with van der Waals surface area (Å²) < 4.78 is 161. The van der Waals surface area contributed by atoms with Gasteiger partial charge in [0.25, 0.3) is 19.3 Å². The molecular formula is C81H102F6N12O36. The summed E-state index contributed by atoms with van der Waals surface area (Å²) in [6.07, 6.45) is -24.1. The van der Waals surface area contributed by atoms with Gasteiger partial charge in [-0.25, -0.2) is 40.7 Å². The molecule has 3 aliphatic heterocycles. The van der Waals surface area contributed by atoms with Crippen molar-refractivity contribution in [3.63, 3.8) is 0 Å². The Morgan fingerprint density at radius 3 is 0.919 bits per heavy atom. The summed E-state index contributed by atoms with van der Waals surface area (Å²) in [5.41, 5.74) is 22.2. The van der Waals surface area contributed by atoms with Gasteiger partial charge in [0, 0.05) is 88.2 Å². The number of anilines is 3. The highest BCUT2D eigenvalue weighted by molar-refractivity contribution is 5.98. The Morgan fingerprint density at radius 1 is 0.378 bits per heavy atom.